The van der Waals surface area contributed by atoms with E-state index in [1.54, 1.807) is 13.8 Å². The maximum absolute atomic E-state index is 13.1. The SMILES string of the molecule is CC(C)C(Oc1ccc(F)c(C(F)(F)F)c1)C(=O)NN. The zero-order valence-electron chi connectivity index (χ0n) is 10.8. The fraction of sp³-hybridized carbons (Fsp3) is 0.417. The van der Waals surface area contributed by atoms with E-state index in [1.807, 2.05) is 5.43 Å². The third-order valence-corrected chi connectivity index (χ3v) is 2.51. The van der Waals surface area contributed by atoms with Gasteiger partial charge in [-0.25, -0.2) is 10.2 Å². The van der Waals surface area contributed by atoms with E-state index in [9.17, 15) is 22.4 Å². The van der Waals surface area contributed by atoms with Gasteiger partial charge >= 0.3 is 6.18 Å². The molecule has 8 heteroatoms. The number of rotatable bonds is 4. The van der Waals surface area contributed by atoms with Gasteiger partial charge in [-0.2, -0.15) is 13.2 Å². The second-order valence-electron chi connectivity index (χ2n) is 4.43. The average Bonchev–Trinajstić information content (AvgIpc) is 2.35. The van der Waals surface area contributed by atoms with E-state index < -0.39 is 29.6 Å². The van der Waals surface area contributed by atoms with Crippen LogP contribution in [0.4, 0.5) is 17.6 Å². The first kappa shape index (κ1) is 16.2. The van der Waals surface area contributed by atoms with Crippen molar-refractivity contribution in [1.29, 1.82) is 0 Å². The van der Waals surface area contributed by atoms with E-state index in [-0.39, 0.29) is 11.7 Å². The molecule has 0 aliphatic heterocycles. The highest BCUT2D eigenvalue weighted by Crippen LogP contribution is 2.34. The van der Waals surface area contributed by atoms with Crippen LogP contribution in [-0.4, -0.2) is 12.0 Å². The highest BCUT2D eigenvalue weighted by Gasteiger charge is 2.35. The summed E-state index contributed by atoms with van der Waals surface area (Å²) >= 11 is 0. The minimum absolute atomic E-state index is 0.263. The summed E-state index contributed by atoms with van der Waals surface area (Å²) in [6, 6.07) is 2.16. The van der Waals surface area contributed by atoms with Crippen LogP contribution in [0.15, 0.2) is 18.2 Å². The number of hydrogen-bond donors (Lipinski definition) is 2. The topological polar surface area (TPSA) is 64.3 Å². The van der Waals surface area contributed by atoms with Crippen molar-refractivity contribution >= 4 is 5.91 Å². The molecule has 112 valence electrons. The Morgan fingerprint density at radius 2 is 1.95 bits per heavy atom. The van der Waals surface area contributed by atoms with Crippen molar-refractivity contribution in [2.45, 2.75) is 26.1 Å². The molecule has 20 heavy (non-hydrogen) atoms. The van der Waals surface area contributed by atoms with Crippen LogP contribution in [0.1, 0.15) is 19.4 Å². The number of halogens is 4. The molecule has 0 saturated heterocycles. The second-order valence-corrected chi connectivity index (χ2v) is 4.43. The number of benzene rings is 1. The number of nitrogens with one attached hydrogen (secondary N) is 1. The monoisotopic (exact) mass is 294 g/mol. The first-order chi connectivity index (χ1) is 9.16. The first-order valence-electron chi connectivity index (χ1n) is 5.70. The van der Waals surface area contributed by atoms with Crippen LogP contribution < -0.4 is 16.0 Å². The Morgan fingerprint density at radius 1 is 1.35 bits per heavy atom. The molecule has 0 aliphatic rings. The van der Waals surface area contributed by atoms with Gasteiger partial charge in [-0.3, -0.25) is 10.2 Å². The lowest BCUT2D eigenvalue weighted by Gasteiger charge is -2.21. The zero-order valence-corrected chi connectivity index (χ0v) is 10.8. The van der Waals surface area contributed by atoms with Gasteiger partial charge in [0.05, 0.1) is 5.56 Å². The van der Waals surface area contributed by atoms with E-state index in [4.69, 9.17) is 10.6 Å². The summed E-state index contributed by atoms with van der Waals surface area (Å²) in [6.07, 6.45) is -5.92. The fourth-order valence-electron chi connectivity index (χ4n) is 1.52. The number of alkyl halides is 3. The van der Waals surface area contributed by atoms with Crippen LogP contribution in [0.2, 0.25) is 0 Å². The molecule has 0 aromatic heterocycles. The first-order valence-corrected chi connectivity index (χ1v) is 5.70. The van der Waals surface area contributed by atoms with Crippen molar-refractivity contribution in [3.05, 3.63) is 29.6 Å². The van der Waals surface area contributed by atoms with Crippen LogP contribution in [0.3, 0.4) is 0 Å². The van der Waals surface area contributed by atoms with Crippen LogP contribution in [0, 0.1) is 11.7 Å². The third kappa shape index (κ3) is 3.83. The third-order valence-electron chi connectivity index (χ3n) is 2.51. The van der Waals surface area contributed by atoms with Gasteiger partial charge < -0.3 is 4.74 Å². The van der Waals surface area contributed by atoms with Gasteiger partial charge in [-0.05, 0) is 24.1 Å². The van der Waals surface area contributed by atoms with Crippen molar-refractivity contribution in [3.8, 4) is 5.75 Å². The van der Waals surface area contributed by atoms with Gasteiger partial charge in [-0.15, -0.1) is 0 Å². The standard InChI is InChI=1S/C12H14F4N2O2/c1-6(2)10(11(19)18-17)20-7-3-4-9(13)8(5-7)12(14,15)16/h3-6,10H,17H2,1-2H3,(H,18,19). The molecule has 0 fully saturated rings. The molecule has 0 radical (unpaired) electrons. The predicted molar refractivity (Wildman–Crippen MR) is 63.0 cm³/mol. The number of hydrogen-bond acceptors (Lipinski definition) is 3. The average molecular weight is 294 g/mol. The second kappa shape index (κ2) is 6.08. The number of nitrogens with two attached hydrogens (primary N) is 1. The van der Waals surface area contributed by atoms with Gasteiger partial charge in [0.2, 0.25) is 0 Å². The highest BCUT2D eigenvalue weighted by atomic mass is 19.4. The largest absolute Gasteiger partial charge is 0.480 e. The summed E-state index contributed by atoms with van der Waals surface area (Å²) in [6.45, 7) is 3.27. The van der Waals surface area contributed by atoms with E-state index >= 15 is 0 Å². The van der Waals surface area contributed by atoms with Gasteiger partial charge in [0, 0.05) is 0 Å². The summed E-state index contributed by atoms with van der Waals surface area (Å²) in [5.41, 5.74) is 0.410. The number of carbonyl (C=O) groups is 1. The van der Waals surface area contributed by atoms with Crippen LogP contribution in [0.5, 0.6) is 5.75 Å². The normalized spacial score (nSPS) is 13.2. The predicted octanol–water partition coefficient (Wildman–Crippen LogP) is 2.24. The number of carbonyl (C=O) groups excluding carboxylic acids is 1. The van der Waals surface area contributed by atoms with Gasteiger partial charge in [0.15, 0.2) is 6.10 Å². The van der Waals surface area contributed by atoms with Crippen molar-refractivity contribution in [3.63, 3.8) is 0 Å². The molecule has 3 N–H and O–H groups in total. The molecular weight excluding hydrogens is 280 g/mol. The Morgan fingerprint density at radius 3 is 2.40 bits per heavy atom. The van der Waals surface area contributed by atoms with Gasteiger partial charge in [0.25, 0.3) is 5.91 Å². The van der Waals surface area contributed by atoms with Crippen molar-refractivity contribution < 1.29 is 27.1 Å². The molecule has 1 aromatic carbocycles. The maximum atomic E-state index is 13.1. The van der Waals surface area contributed by atoms with Crippen LogP contribution in [-0.2, 0) is 11.0 Å². The van der Waals surface area contributed by atoms with Crippen molar-refractivity contribution in [1.82, 2.24) is 5.43 Å². The molecule has 1 atom stereocenters. The minimum atomic E-state index is -4.84. The Balaban J connectivity index is 3.06. The van der Waals surface area contributed by atoms with Crippen LogP contribution >= 0.6 is 0 Å². The Kier molecular flexibility index (Phi) is 4.93. The molecule has 1 rings (SSSR count). The molecule has 1 unspecified atom stereocenters. The van der Waals surface area contributed by atoms with E-state index in [2.05, 4.69) is 0 Å². The van der Waals surface area contributed by atoms with Crippen molar-refractivity contribution in [2.24, 2.45) is 11.8 Å². The summed E-state index contributed by atoms with van der Waals surface area (Å²) in [5.74, 6) is 2.28. The Labute approximate surface area is 112 Å². The summed E-state index contributed by atoms with van der Waals surface area (Å²) in [5, 5.41) is 0. The lowest BCUT2D eigenvalue weighted by molar-refractivity contribution is -0.140. The van der Waals surface area contributed by atoms with Crippen molar-refractivity contribution in [2.75, 3.05) is 0 Å². The molecule has 1 amide bonds. The molecule has 1 aromatic rings. The number of hydrazine groups is 1. The fourth-order valence-corrected chi connectivity index (χ4v) is 1.52. The molecule has 4 nitrogen and oxygen atoms in total. The van der Waals surface area contributed by atoms with Gasteiger partial charge in [-0.1, -0.05) is 13.8 Å². The number of ether oxygens (including phenoxy) is 1. The molecule has 0 saturated carbocycles. The van der Waals surface area contributed by atoms with E-state index in [0.29, 0.717) is 12.1 Å². The molecule has 0 heterocycles. The minimum Gasteiger partial charge on any atom is -0.480 e. The number of amides is 1. The summed E-state index contributed by atoms with van der Waals surface area (Å²) < 4.78 is 55.9. The highest BCUT2D eigenvalue weighted by molar-refractivity contribution is 5.80. The smallest absolute Gasteiger partial charge is 0.419 e. The molecule has 0 aliphatic carbocycles. The Bertz CT molecular complexity index is 489. The summed E-state index contributed by atoms with van der Waals surface area (Å²) in [7, 11) is 0. The lowest BCUT2D eigenvalue weighted by atomic mass is 10.1. The molecule has 0 bridgehead atoms. The maximum Gasteiger partial charge on any atom is 0.419 e. The lowest BCUT2D eigenvalue weighted by Crippen LogP contribution is -2.44. The van der Waals surface area contributed by atoms with Gasteiger partial charge in [0.1, 0.15) is 11.6 Å². The Hall–Kier alpha value is -1.83. The molecular formula is C12H14F4N2O2. The van der Waals surface area contributed by atoms with E-state index in [0.717, 1.165) is 6.07 Å². The quantitative estimate of drug-likeness (QED) is 0.387. The van der Waals surface area contributed by atoms with E-state index in [1.165, 1.54) is 0 Å². The molecule has 0 spiro atoms. The van der Waals surface area contributed by atoms with Crippen LogP contribution in [0.25, 0.3) is 0 Å². The summed E-state index contributed by atoms with van der Waals surface area (Å²) in [4.78, 5) is 11.4. The zero-order chi connectivity index (χ0) is 15.5.